The van der Waals surface area contributed by atoms with E-state index in [4.69, 9.17) is 21.3 Å². The minimum Gasteiger partial charge on any atom is -0.487 e. The molecule has 0 unspecified atom stereocenters. The van der Waals surface area contributed by atoms with E-state index in [0.29, 0.717) is 29.6 Å². The number of carbonyl (C=O) groups is 1. The van der Waals surface area contributed by atoms with Crippen LogP contribution >= 0.6 is 11.6 Å². The molecule has 0 saturated heterocycles. The van der Waals surface area contributed by atoms with Gasteiger partial charge in [0.1, 0.15) is 17.9 Å². The summed E-state index contributed by atoms with van der Waals surface area (Å²) in [5.41, 5.74) is 6.00. The summed E-state index contributed by atoms with van der Waals surface area (Å²) in [4.78, 5) is 25.8. The Bertz CT molecular complexity index is 1260. The Balaban J connectivity index is 1.97. The number of nitrogens with one attached hydrogen (secondary N) is 1. The summed E-state index contributed by atoms with van der Waals surface area (Å²) in [5, 5.41) is 4.46. The van der Waals surface area contributed by atoms with Crippen LogP contribution in [0.1, 0.15) is 55.8 Å². The van der Waals surface area contributed by atoms with E-state index < -0.39 is 0 Å². The Hall–Kier alpha value is -3.25. The van der Waals surface area contributed by atoms with Crippen molar-refractivity contribution in [2.45, 2.75) is 54.7 Å². The molecule has 1 N–H and O–H groups in total. The van der Waals surface area contributed by atoms with Gasteiger partial charge in [-0.3, -0.25) is 14.8 Å². The third-order valence-corrected chi connectivity index (χ3v) is 5.65. The van der Waals surface area contributed by atoms with Gasteiger partial charge in [-0.2, -0.15) is 0 Å². The first kappa shape index (κ1) is 25.4. The molecule has 0 fully saturated rings. The molecule has 2 heterocycles. The van der Waals surface area contributed by atoms with E-state index >= 15 is 0 Å². The van der Waals surface area contributed by atoms with Crippen LogP contribution in [0, 0.1) is 19.8 Å². The summed E-state index contributed by atoms with van der Waals surface area (Å²) in [6.45, 7) is 12.0. The number of hydrogen-bond donors (Lipinski definition) is 1. The molecule has 0 atom stereocenters. The summed E-state index contributed by atoms with van der Waals surface area (Å²) in [5.74, 6) is 0.566. The molecule has 34 heavy (non-hydrogen) atoms. The maximum Gasteiger partial charge on any atom is 0.222 e. The molecule has 1 aromatic carbocycles. The molecule has 0 aliphatic rings. The van der Waals surface area contributed by atoms with Crippen molar-refractivity contribution in [3.05, 3.63) is 69.6 Å². The summed E-state index contributed by atoms with van der Waals surface area (Å²) >= 11 is 6.37. The zero-order chi connectivity index (χ0) is 24.8. The van der Waals surface area contributed by atoms with Crippen molar-refractivity contribution in [3.63, 3.8) is 0 Å². The van der Waals surface area contributed by atoms with Gasteiger partial charge in [-0.15, -0.1) is 0 Å². The first-order valence-electron chi connectivity index (χ1n) is 11.3. The van der Waals surface area contributed by atoms with Crippen molar-refractivity contribution < 1.29 is 9.53 Å². The molecule has 6 nitrogen and oxygen atoms in total. The minimum absolute atomic E-state index is 0.00962. The number of carbonyl (C=O) groups excluding carboxylic acids is 1. The number of hydrogen-bond acceptors (Lipinski definition) is 5. The highest BCUT2D eigenvalue weighted by atomic mass is 35.5. The number of aryl methyl sites for hydroxylation is 2. The molecule has 0 saturated carbocycles. The molecule has 0 radical (unpaired) electrons. The number of nitrogens with zero attached hydrogens (tertiary/aromatic N) is 3. The third kappa shape index (κ3) is 5.81. The predicted octanol–water partition coefficient (Wildman–Crippen LogP) is 6.12. The normalized spacial score (nSPS) is 12.4. The summed E-state index contributed by atoms with van der Waals surface area (Å²) in [6, 6.07) is 9.77. The van der Waals surface area contributed by atoms with E-state index in [9.17, 15) is 4.79 Å². The highest BCUT2D eigenvalue weighted by Crippen LogP contribution is 2.34. The van der Waals surface area contributed by atoms with Crippen LogP contribution in [0.25, 0.3) is 16.6 Å². The van der Waals surface area contributed by atoms with Crippen LogP contribution in [0.5, 0.6) is 5.75 Å². The smallest absolute Gasteiger partial charge is 0.222 e. The van der Waals surface area contributed by atoms with Crippen LogP contribution in [0.4, 0.5) is 0 Å². The van der Waals surface area contributed by atoms with Crippen molar-refractivity contribution in [1.29, 1.82) is 0 Å². The quantitative estimate of drug-likeness (QED) is 0.396. The van der Waals surface area contributed by atoms with Crippen LogP contribution in [-0.2, 0) is 17.9 Å². The maximum absolute atomic E-state index is 12.0. The van der Waals surface area contributed by atoms with Gasteiger partial charge in [-0.05, 0) is 51.5 Å². The van der Waals surface area contributed by atoms with Crippen molar-refractivity contribution in [2.24, 2.45) is 10.9 Å². The average Bonchev–Trinajstić information content (AvgIpc) is 2.79. The van der Waals surface area contributed by atoms with Crippen molar-refractivity contribution in [1.82, 2.24) is 15.3 Å². The Morgan fingerprint density at radius 2 is 2.03 bits per heavy atom. The zero-order valence-corrected chi connectivity index (χ0v) is 21.3. The van der Waals surface area contributed by atoms with Crippen LogP contribution < -0.4 is 10.1 Å². The SMILES string of the molecule is C/C=N\C(=C(/C)Cl)c1cc(C)nc2c(OCc3c(C)ccnc3CNC(=O)C(C)C)cccc12. The third-order valence-electron chi connectivity index (χ3n) is 5.48. The van der Waals surface area contributed by atoms with E-state index in [1.54, 1.807) is 12.4 Å². The number of allylic oxidation sites excluding steroid dienone is 1. The first-order chi connectivity index (χ1) is 16.2. The Morgan fingerprint density at radius 3 is 2.71 bits per heavy atom. The Labute approximate surface area is 206 Å². The molecule has 178 valence electrons. The first-order valence-corrected chi connectivity index (χ1v) is 11.7. The number of aromatic nitrogens is 2. The fraction of sp³-hybridized carbons (Fsp3) is 0.333. The van der Waals surface area contributed by atoms with Crippen molar-refractivity contribution in [3.8, 4) is 5.75 Å². The second-order valence-corrected chi connectivity index (χ2v) is 9.01. The lowest BCUT2D eigenvalue weighted by Crippen LogP contribution is -2.28. The summed E-state index contributed by atoms with van der Waals surface area (Å²) in [6.07, 6.45) is 3.48. The fourth-order valence-corrected chi connectivity index (χ4v) is 3.81. The highest BCUT2D eigenvalue weighted by molar-refractivity contribution is 6.32. The van der Waals surface area contributed by atoms with Gasteiger partial charge in [0.15, 0.2) is 0 Å². The Morgan fingerprint density at radius 1 is 1.26 bits per heavy atom. The minimum atomic E-state index is -0.0868. The van der Waals surface area contributed by atoms with Crippen LogP contribution in [-0.4, -0.2) is 22.1 Å². The lowest BCUT2D eigenvalue weighted by Gasteiger charge is -2.16. The number of benzene rings is 1. The molecule has 3 rings (SSSR count). The molecule has 1 amide bonds. The molecule has 0 aliphatic carbocycles. The molecular weight excluding hydrogens is 448 g/mol. The van der Waals surface area contributed by atoms with Crippen LogP contribution in [0.2, 0.25) is 0 Å². The number of aliphatic imine (C=N–C) groups is 1. The fourth-order valence-electron chi connectivity index (χ4n) is 3.66. The van der Waals surface area contributed by atoms with Gasteiger partial charge < -0.3 is 10.1 Å². The van der Waals surface area contributed by atoms with E-state index in [1.807, 2.05) is 71.9 Å². The number of ether oxygens (including phenoxy) is 1. The molecule has 0 spiro atoms. The van der Waals surface area contributed by atoms with E-state index in [1.165, 1.54) is 0 Å². The summed E-state index contributed by atoms with van der Waals surface area (Å²) in [7, 11) is 0. The van der Waals surface area contributed by atoms with Crippen LogP contribution in [0.15, 0.2) is 46.6 Å². The number of para-hydroxylation sites is 1. The van der Waals surface area contributed by atoms with E-state index in [-0.39, 0.29) is 11.8 Å². The number of pyridine rings is 2. The molecule has 0 bridgehead atoms. The van der Waals surface area contributed by atoms with Gasteiger partial charge in [-0.25, -0.2) is 4.98 Å². The molecule has 7 heteroatoms. The lowest BCUT2D eigenvalue weighted by atomic mass is 10.0. The predicted molar refractivity (Wildman–Crippen MR) is 139 cm³/mol. The zero-order valence-electron chi connectivity index (χ0n) is 20.6. The van der Waals surface area contributed by atoms with Gasteiger partial charge in [0, 0.05) is 45.6 Å². The largest absolute Gasteiger partial charge is 0.487 e. The lowest BCUT2D eigenvalue weighted by molar-refractivity contribution is -0.124. The standard InChI is InChI=1S/C27H31ClN4O2/c1-7-29-25(19(6)28)21-13-18(5)32-26-20(21)9-8-10-24(26)34-15-22-17(4)11-12-30-23(22)14-31-27(33)16(2)3/h7-13,16H,14-15H2,1-6H3,(H,31,33)/b25-19+,29-7-. The van der Waals surface area contributed by atoms with Gasteiger partial charge in [0.2, 0.25) is 5.91 Å². The van der Waals surface area contributed by atoms with Crippen molar-refractivity contribution in [2.75, 3.05) is 0 Å². The van der Waals surface area contributed by atoms with Gasteiger partial charge >= 0.3 is 0 Å². The number of fused-ring (bicyclic) bond motifs is 1. The monoisotopic (exact) mass is 478 g/mol. The van der Waals surface area contributed by atoms with Gasteiger partial charge in [-0.1, -0.05) is 37.6 Å². The van der Waals surface area contributed by atoms with Crippen LogP contribution in [0.3, 0.4) is 0 Å². The number of rotatable bonds is 8. The average molecular weight is 479 g/mol. The van der Waals surface area contributed by atoms with Gasteiger partial charge in [0.05, 0.1) is 17.9 Å². The van der Waals surface area contributed by atoms with Crippen molar-refractivity contribution >= 4 is 40.3 Å². The van der Waals surface area contributed by atoms with Gasteiger partial charge in [0.25, 0.3) is 0 Å². The second kappa shape index (κ2) is 11.3. The number of halogens is 1. The molecule has 0 aliphatic heterocycles. The Kier molecular flexibility index (Phi) is 8.40. The highest BCUT2D eigenvalue weighted by Gasteiger charge is 2.15. The molecule has 2 aromatic heterocycles. The van der Waals surface area contributed by atoms with E-state index in [0.717, 1.165) is 39.0 Å². The topological polar surface area (TPSA) is 76.5 Å². The second-order valence-electron chi connectivity index (χ2n) is 8.45. The molecular formula is C27H31ClN4O2. The summed E-state index contributed by atoms with van der Waals surface area (Å²) < 4.78 is 6.29. The van der Waals surface area contributed by atoms with E-state index in [2.05, 4.69) is 15.3 Å². The molecule has 3 aromatic rings. The maximum atomic E-state index is 12.0. The number of amides is 1.